The number of benzene rings is 2. The van der Waals surface area contributed by atoms with E-state index >= 15 is 0 Å². The molecule has 4 rings (SSSR count). The van der Waals surface area contributed by atoms with Gasteiger partial charge in [-0.1, -0.05) is 60.7 Å². The second kappa shape index (κ2) is 11.0. The molecule has 168 valence electrons. The smallest absolute Gasteiger partial charge is 0.257 e. The minimum atomic E-state index is -0.451. The Morgan fingerprint density at radius 1 is 0.788 bits per heavy atom. The SMILES string of the molecule is O=C(NCc1ccccc1)C(=Cc1cnc(N2CCCC2)nc1)C(=O)NCc1ccccc1. The van der Waals surface area contributed by atoms with Crippen LogP contribution in [0.3, 0.4) is 0 Å². The lowest BCUT2D eigenvalue weighted by atomic mass is 10.1. The fourth-order valence-electron chi connectivity index (χ4n) is 3.63. The number of anilines is 1. The van der Waals surface area contributed by atoms with Gasteiger partial charge in [-0.2, -0.15) is 0 Å². The first-order valence-electron chi connectivity index (χ1n) is 11.1. The highest BCUT2D eigenvalue weighted by Gasteiger charge is 2.19. The first kappa shape index (κ1) is 22.2. The number of amides is 2. The van der Waals surface area contributed by atoms with Gasteiger partial charge in [0.25, 0.3) is 11.8 Å². The number of aromatic nitrogens is 2. The van der Waals surface area contributed by atoms with E-state index in [9.17, 15) is 9.59 Å². The third kappa shape index (κ3) is 6.26. The molecule has 3 aromatic rings. The Morgan fingerprint density at radius 3 is 1.76 bits per heavy atom. The Labute approximate surface area is 193 Å². The summed E-state index contributed by atoms with van der Waals surface area (Å²) >= 11 is 0. The van der Waals surface area contributed by atoms with Gasteiger partial charge in [-0.25, -0.2) is 9.97 Å². The molecule has 0 spiro atoms. The van der Waals surface area contributed by atoms with Crippen LogP contribution in [0.4, 0.5) is 5.95 Å². The van der Waals surface area contributed by atoms with Crippen molar-refractivity contribution in [1.29, 1.82) is 0 Å². The highest BCUT2D eigenvalue weighted by atomic mass is 16.2. The van der Waals surface area contributed by atoms with Gasteiger partial charge in [0.1, 0.15) is 5.57 Å². The van der Waals surface area contributed by atoms with Gasteiger partial charge in [-0.15, -0.1) is 0 Å². The van der Waals surface area contributed by atoms with Crippen molar-refractivity contribution in [3.63, 3.8) is 0 Å². The van der Waals surface area contributed by atoms with E-state index in [0.29, 0.717) is 24.6 Å². The minimum Gasteiger partial charge on any atom is -0.348 e. The maximum atomic E-state index is 13.0. The van der Waals surface area contributed by atoms with Crippen LogP contribution < -0.4 is 15.5 Å². The third-order valence-electron chi connectivity index (χ3n) is 5.44. The van der Waals surface area contributed by atoms with Crippen LogP contribution in [0.15, 0.2) is 78.6 Å². The van der Waals surface area contributed by atoms with Gasteiger partial charge < -0.3 is 15.5 Å². The zero-order chi connectivity index (χ0) is 22.9. The molecular weight excluding hydrogens is 414 g/mol. The first-order valence-corrected chi connectivity index (χ1v) is 11.1. The van der Waals surface area contributed by atoms with Crippen LogP contribution >= 0.6 is 0 Å². The van der Waals surface area contributed by atoms with Crippen LogP contribution in [-0.4, -0.2) is 34.9 Å². The molecule has 0 bridgehead atoms. The topological polar surface area (TPSA) is 87.2 Å². The molecule has 33 heavy (non-hydrogen) atoms. The summed E-state index contributed by atoms with van der Waals surface area (Å²) in [5.74, 6) is -0.227. The van der Waals surface area contributed by atoms with Crippen molar-refractivity contribution in [2.75, 3.05) is 18.0 Å². The second-order valence-corrected chi connectivity index (χ2v) is 7.91. The molecule has 0 atom stereocenters. The van der Waals surface area contributed by atoms with E-state index in [1.165, 1.54) is 6.08 Å². The summed E-state index contributed by atoms with van der Waals surface area (Å²) in [6.45, 7) is 2.55. The van der Waals surface area contributed by atoms with E-state index in [2.05, 4.69) is 25.5 Å². The summed E-state index contributed by atoms with van der Waals surface area (Å²) in [6.07, 6.45) is 7.11. The molecular formula is C26H27N5O2. The van der Waals surface area contributed by atoms with E-state index < -0.39 is 11.8 Å². The number of carbonyl (C=O) groups excluding carboxylic acids is 2. The second-order valence-electron chi connectivity index (χ2n) is 7.91. The summed E-state index contributed by atoms with van der Waals surface area (Å²) in [4.78, 5) is 36.9. The number of hydrogen-bond acceptors (Lipinski definition) is 5. The number of nitrogens with one attached hydrogen (secondary N) is 2. The molecule has 1 saturated heterocycles. The number of nitrogens with zero attached hydrogens (tertiary/aromatic N) is 3. The molecule has 0 radical (unpaired) electrons. The highest BCUT2D eigenvalue weighted by Crippen LogP contribution is 2.16. The Bertz CT molecular complexity index is 1040. The van der Waals surface area contributed by atoms with Crippen molar-refractivity contribution in [3.05, 3.63) is 95.3 Å². The lowest BCUT2D eigenvalue weighted by Gasteiger charge is -2.14. The predicted molar refractivity (Wildman–Crippen MR) is 128 cm³/mol. The Balaban J connectivity index is 1.50. The molecule has 2 amide bonds. The summed E-state index contributed by atoms with van der Waals surface area (Å²) in [5.41, 5.74) is 2.51. The highest BCUT2D eigenvalue weighted by molar-refractivity contribution is 6.21. The van der Waals surface area contributed by atoms with Crippen LogP contribution in [0.25, 0.3) is 6.08 Å². The maximum Gasteiger partial charge on any atom is 0.257 e. The molecule has 1 aliphatic rings. The van der Waals surface area contributed by atoms with Crippen LogP contribution in [0.5, 0.6) is 0 Å². The maximum absolute atomic E-state index is 13.0. The average molecular weight is 442 g/mol. The molecule has 1 fully saturated rings. The summed E-state index contributed by atoms with van der Waals surface area (Å²) in [7, 11) is 0. The van der Waals surface area contributed by atoms with E-state index in [4.69, 9.17) is 0 Å². The Morgan fingerprint density at radius 2 is 1.27 bits per heavy atom. The zero-order valence-electron chi connectivity index (χ0n) is 18.4. The van der Waals surface area contributed by atoms with Gasteiger partial charge in [0.2, 0.25) is 5.95 Å². The quantitative estimate of drug-likeness (QED) is 0.319. The van der Waals surface area contributed by atoms with Crippen molar-refractivity contribution in [2.45, 2.75) is 25.9 Å². The van der Waals surface area contributed by atoms with Gasteiger partial charge >= 0.3 is 0 Å². The Kier molecular flexibility index (Phi) is 7.43. The normalized spacial score (nSPS) is 12.8. The van der Waals surface area contributed by atoms with Gasteiger partial charge in [-0.05, 0) is 30.0 Å². The number of carbonyl (C=O) groups is 2. The standard InChI is InChI=1S/C26H27N5O2/c32-24(27-16-20-9-3-1-4-10-20)23(25(33)28-17-21-11-5-2-6-12-21)15-22-18-29-26(30-19-22)31-13-7-8-14-31/h1-6,9-12,15,18-19H,7-8,13-14,16-17H2,(H,27,32)(H,28,33). The average Bonchev–Trinajstić information content (AvgIpc) is 3.41. The van der Waals surface area contributed by atoms with Crippen molar-refractivity contribution in [1.82, 2.24) is 20.6 Å². The van der Waals surface area contributed by atoms with Crippen molar-refractivity contribution in [2.24, 2.45) is 0 Å². The molecule has 0 saturated carbocycles. The molecule has 2 aromatic carbocycles. The Hall–Kier alpha value is -4.00. The molecule has 7 heteroatoms. The lowest BCUT2D eigenvalue weighted by Crippen LogP contribution is -2.34. The molecule has 2 heterocycles. The summed E-state index contributed by atoms with van der Waals surface area (Å²) in [6, 6.07) is 19.1. The largest absolute Gasteiger partial charge is 0.348 e. The number of rotatable bonds is 8. The van der Waals surface area contributed by atoms with Crippen molar-refractivity contribution >= 4 is 23.8 Å². The number of hydrogen-bond donors (Lipinski definition) is 2. The van der Waals surface area contributed by atoms with E-state index in [0.717, 1.165) is 37.1 Å². The lowest BCUT2D eigenvalue weighted by molar-refractivity contribution is -0.123. The first-order chi connectivity index (χ1) is 16.2. The van der Waals surface area contributed by atoms with Gasteiger partial charge in [0, 0.05) is 44.1 Å². The van der Waals surface area contributed by atoms with Gasteiger partial charge in [-0.3, -0.25) is 9.59 Å². The van der Waals surface area contributed by atoms with E-state index in [1.54, 1.807) is 12.4 Å². The van der Waals surface area contributed by atoms with Crippen LogP contribution in [0.1, 0.15) is 29.5 Å². The van der Waals surface area contributed by atoms with Crippen LogP contribution in [0, 0.1) is 0 Å². The van der Waals surface area contributed by atoms with Crippen molar-refractivity contribution in [3.8, 4) is 0 Å². The minimum absolute atomic E-state index is 0.0133. The molecule has 1 aliphatic heterocycles. The van der Waals surface area contributed by atoms with Gasteiger partial charge in [0.05, 0.1) is 0 Å². The fraction of sp³-hybridized carbons (Fsp3) is 0.231. The van der Waals surface area contributed by atoms with Crippen molar-refractivity contribution < 1.29 is 9.59 Å². The molecule has 7 nitrogen and oxygen atoms in total. The molecule has 0 aliphatic carbocycles. The third-order valence-corrected chi connectivity index (χ3v) is 5.44. The molecule has 0 unspecified atom stereocenters. The molecule has 2 N–H and O–H groups in total. The van der Waals surface area contributed by atoms with E-state index in [-0.39, 0.29) is 5.57 Å². The predicted octanol–water partition coefficient (Wildman–Crippen LogP) is 3.09. The summed E-state index contributed by atoms with van der Waals surface area (Å²) < 4.78 is 0. The van der Waals surface area contributed by atoms with Gasteiger partial charge in [0.15, 0.2) is 0 Å². The van der Waals surface area contributed by atoms with Crippen LogP contribution in [0.2, 0.25) is 0 Å². The van der Waals surface area contributed by atoms with E-state index in [1.807, 2.05) is 60.7 Å². The zero-order valence-corrected chi connectivity index (χ0v) is 18.4. The van der Waals surface area contributed by atoms with Crippen LogP contribution in [-0.2, 0) is 22.7 Å². The summed E-state index contributed by atoms with van der Waals surface area (Å²) in [5, 5.41) is 5.67. The molecule has 1 aromatic heterocycles. The fourth-order valence-corrected chi connectivity index (χ4v) is 3.63. The monoisotopic (exact) mass is 441 g/mol.